The average molecular weight is 383 g/mol. The number of benzene rings is 1. The van der Waals surface area contributed by atoms with E-state index in [1.165, 1.54) is 13.2 Å². The van der Waals surface area contributed by atoms with Gasteiger partial charge in [0.1, 0.15) is 5.82 Å². The van der Waals surface area contributed by atoms with Crippen LogP contribution in [0.5, 0.6) is 11.5 Å². The fraction of sp³-hybridized carbons (Fsp3) is 0.647. The number of nitrogens with one attached hydrogen (secondary N) is 1. The predicted molar refractivity (Wildman–Crippen MR) is 101 cm³/mol. The normalized spacial score (nSPS) is 16.6. The van der Waals surface area contributed by atoms with Crippen molar-refractivity contribution >= 4 is 24.8 Å². The van der Waals surface area contributed by atoms with Gasteiger partial charge in [-0.1, -0.05) is 20.8 Å². The average Bonchev–Trinajstić information content (AvgIpc) is 2.48. The number of rotatable bonds is 4. The number of piperazine rings is 1. The highest BCUT2D eigenvalue weighted by atomic mass is 35.5. The van der Waals surface area contributed by atoms with Crippen molar-refractivity contribution < 1.29 is 13.9 Å². The van der Waals surface area contributed by atoms with Gasteiger partial charge in [0, 0.05) is 43.9 Å². The number of methoxy groups -OCH3 is 2. The van der Waals surface area contributed by atoms with Crippen molar-refractivity contribution in [3.63, 3.8) is 0 Å². The van der Waals surface area contributed by atoms with Gasteiger partial charge in [-0.15, -0.1) is 24.8 Å². The van der Waals surface area contributed by atoms with Crippen molar-refractivity contribution in [2.24, 2.45) is 5.41 Å². The molecule has 0 saturated carbocycles. The molecule has 7 heteroatoms. The highest BCUT2D eigenvalue weighted by Gasteiger charge is 2.35. The Hall–Kier alpha value is -0.750. The molecule has 2 rings (SSSR count). The molecule has 1 heterocycles. The van der Waals surface area contributed by atoms with E-state index in [1.54, 1.807) is 13.2 Å². The number of hydrogen-bond acceptors (Lipinski definition) is 4. The molecule has 0 spiro atoms. The monoisotopic (exact) mass is 382 g/mol. The van der Waals surface area contributed by atoms with Gasteiger partial charge >= 0.3 is 0 Å². The van der Waals surface area contributed by atoms with Crippen LogP contribution in [0.25, 0.3) is 0 Å². The topological polar surface area (TPSA) is 33.7 Å². The maximum absolute atomic E-state index is 14.7. The zero-order valence-corrected chi connectivity index (χ0v) is 16.7. The Bertz CT molecular complexity index is 518. The summed E-state index contributed by atoms with van der Waals surface area (Å²) in [6, 6.07) is 3.20. The lowest BCUT2D eigenvalue weighted by atomic mass is 9.80. The molecule has 0 aromatic heterocycles. The van der Waals surface area contributed by atoms with Crippen LogP contribution in [-0.4, -0.2) is 45.3 Å². The minimum Gasteiger partial charge on any atom is -0.493 e. The van der Waals surface area contributed by atoms with Crippen molar-refractivity contribution in [1.29, 1.82) is 0 Å². The van der Waals surface area contributed by atoms with Crippen LogP contribution in [-0.2, 0) is 0 Å². The summed E-state index contributed by atoms with van der Waals surface area (Å²) in [6.07, 6.45) is 0. The van der Waals surface area contributed by atoms with E-state index in [4.69, 9.17) is 9.47 Å². The van der Waals surface area contributed by atoms with Crippen LogP contribution in [0.2, 0.25) is 0 Å². The van der Waals surface area contributed by atoms with Crippen LogP contribution in [0.4, 0.5) is 4.39 Å². The highest BCUT2D eigenvalue weighted by molar-refractivity contribution is 5.85. The summed E-state index contributed by atoms with van der Waals surface area (Å²) in [5, 5.41) is 3.35. The smallest absolute Gasteiger partial charge is 0.163 e. The quantitative estimate of drug-likeness (QED) is 0.860. The van der Waals surface area contributed by atoms with Crippen LogP contribution in [0, 0.1) is 11.2 Å². The maximum atomic E-state index is 14.7. The molecule has 140 valence electrons. The number of nitrogens with zero attached hydrogens (tertiary/aromatic N) is 1. The molecule has 1 aromatic carbocycles. The lowest BCUT2D eigenvalue weighted by Crippen LogP contribution is -2.48. The molecule has 0 amide bonds. The molecule has 24 heavy (non-hydrogen) atoms. The van der Waals surface area contributed by atoms with Gasteiger partial charge in [0.2, 0.25) is 0 Å². The largest absolute Gasteiger partial charge is 0.493 e. The summed E-state index contributed by atoms with van der Waals surface area (Å²) in [5.41, 5.74) is 0.588. The molecule has 1 N–H and O–H groups in total. The summed E-state index contributed by atoms with van der Waals surface area (Å²) in [7, 11) is 3.10. The van der Waals surface area contributed by atoms with Crippen LogP contribution in [0.1, 0.15) is 32.4 Å². The predicted octanol–water partition coefficient (Wildman–Crippen LogP) is 3.68. The van der Waals surface area contributed by atoms with Crippen molar-refractivity contribution in [3.8, 4) is 11.5 Å². The van der Waals surface area contributed by atoms with Crippen LogP contribution >= 0.6 is 24.8 Å². The van der Waals surface area contributed by atoms with Crippen molar-refractivity contribution in [3.05, 3.63) is 23.5 Å². The Kier molecular flexibility index (Phi) is 9.36. The lowest BCUT2D eigenvalue weighted by Gasteiger charge is -2.42. The fourth-order valence-corrected chi connectivity index (χ4v) is 3.23. The Morgan fingerprint density at radius 3 is 2.00 bits per heavy atom. The second-order valence-electron chi connectivity index (χ2n) is 6.78. The molecule has 0 bridgehead atoms. The lowest BCUT2D eigenvalue weighted by molar-refractivity contribution is 0.0831. The summed E-state index contributed by atoms with van der Waals surface area (Å²) in [5.74, 6) is 0.760. The van der Waals surface area contributed by atoms with E-state index < -0.39 is 0 Å². The number of hydrogen-bond donors (Lipinski definition) is 1. The first kappa shape index (κ1) is 23.2. The van der Waals surface area contributed by atoms with E-state index in [9.17, 15) is 4.39 Å². The standard InChI is InChI=1S/C17H27FN2O2.2ClH/c1-17(2,3)16(20-8-6-19-7-9-20)12-10-14(21-4)15(22-5)11-13(12)18;;/h10-11,16,19H,6-9H2,1-5H3;2*1H/t16-;;/m0../s1. The fourth-order valence-electron chi connectivity index (χ4n) is 3.23. The molecular weight excluding hydrogens is 354 g/mol. The molecule has 1 aliphatic heterocycles. The van der Waals surface area contributed by atoms with E-state index in [0.29, 0.717) is 17.1 Å². The van der Waals surface area contributed by atoms with E-state index in [1.807, 2.05) is 0 Å². The first-order valence-electron chi connectivity index (χ1n) is 7.74. The second kappa shape index (κ2) is 9.66. The number of ether oxygens (including phenoxy) is 2. The minimum atomic E-state index is -0.240. The van der Waals surface area contributed by atoms with Gasteiger partial charge in [0.05, 0.1) is 14.2 Å². The van der Waals surface area contributed by atoms with Crippen molar-refractivity contribution in [2.75, 3.05) is 40.4 Å². The van der Waals surface area contributed by atoms with Crippen molar-refractivity contribution in [2.45, 2.75) is 26.8 Å². The molecule has 1 saturated heterocycles. The maximum Gasteiger partial charge on any atom is 0.163 e. The van der Waals surface area contributed by atoms with Crippen LogP contribution in [0.3, 0.4) is 0 Å². The summed E-state index contributed by atoms with van der Waals surface area (Å²) in [4.78, 5) is 2.35. The van der Waals surface area contributed by atoms with Gasteiger partial charge < -0.3 is 14.8 Å². The molecule has 4 nitrogen and oxygen atoms in total. The van der Waals surface area contributed by atoms with Gasteiger partial charge in [0.25, 0.3) is 0 Å². The molecule has 0 unspecified atom stereocenters. The number of halogens is 3. The molecule has 1 aromatic rings. The molecule has 1 atom stereocenters. The Morgan fingerprint density at radius 1 is 1.04 bits per heavy atom. The van der Waals surface area contributed by atoms with Gasteiger partial charge in [0.15, 0.2) is 11.5 Å². The van der Waals surface area contributed by atoms with E-state index in [-0.39, 0.29) is 42.1 Å². The van der Waals surface area contributed by atoms with Gasteiger partial charge in [-0.25, -0.2) is 4.39 Å². The second-order valence-corrected chi connectivity index (χ2v) is 6.78. The molecular formula is C17H29Cl2FN2O2. The van der Waals surface area contributed by atoms with Crippen LogP contribution in [0.15, 0.2) is 12.1 Å². The minimum absolute atomic E-state index is 0. The Labute approximate surface area is 156 Å². The SMILES string of the molecule is COc1cc(F)c([C@H](N2CCNCC2)C(C)(C)C)cc1OC.Cl.Cl. The van der Waals surface area contributed by atoms with E-state index in [2.05, 4.69) is 31.0 Å². The van der Waals surface area contributed by atoms with Gasteiger partial charge in [-0.2, -0.15) is 0 Å². The molecule has 1 aliphatic rings. The first-order chi connectivity index (χ1) is 10.4. The van der Waals surface area contributed by atoms with E-state index >= 15 is 0 Å². The van der Waals surface area contributed by atoms with Gasteiger partial charge in [-0.05, 0) is 11.5 Å². The van der Waals surface area contributed by atoms with E-state index in [0.717, 1.165) is 26.2 Å². The highest BCUT2D eigenvalue weighted by Crippen LogP contribution is 2.42. The van der Waals surface area contributed by atoms with Gasteiger partial charge in [-0.3, -0.25) is 4.90 Å². The zero-order chi connectivity index (χ0) is 16.3. The Morgan fingerprint density at radius 2 is 1.54 bits per heavy atom. The van der Waals surface area contributed by atoms with Crippen LogP contribution < -0.4 is 14.8 Å². The molecule has 1 fully saturated rings. The third kappa shape index (κ3) is 5.12. The molecule has 0 aliphatic carbocycles. The third-order valence-electron chi connectivity index (χ3n) is 4.13. The zero-order valence-electron chi connectivity index (χ0n) is 15.0. The summed E-state index contributed by atoms with van der Waals surface area (Å²) in [6.45, 7) is 10.1. The molecule has 0 radical (unpaired) electrons. The van der Waals surface area contributed by atoms with Crippen molar-refractivity contribution in [1.82, 2.24) is 10.2 Å². The summed E-state index contributed by atoms with van der Waals surface area (Å²) >= 11 is 0. The Balaban J connectivity index is 0.00000264. The summed E-state index contributed by atoms with van der Waals surface area (Å²) < 4.78 is 25.3. The first-order valence-corrected chi connectivity index (χ1v) is 7.74. The third-order valence-corrected chi connectivity index (χ3v) is 4.13.